The van der Waals surface area contributed by atoms with E-state index in [4.69, 9.17) is 0 Å². The van der Waals surface area contributed by atoms with Gasteiger partial charge in [0, 0.05) is 10.6 Å². The zero-order valence-corrected chi connectivity index (χ0v) is 16.4. The highest BCUT2D eigenvalue weighted by Crippen LogP contribution is 2.25. The molecule has 0 spiro atoms. The number of fused-ring (bicyclic) bond motifs is 1. The van der Waals surface area contributed by atoms with Crippen LogP contribution < -0.4 is 10.9 Å². The third-order valence-electron chi connectivity index (χ3n) is 4.39. The number of carbonyl (C=O) groups excluding carboxylic acids is 1. The minimum atomic E-state index is -0.311. The maximum atomic E-state index is 12.6. The van der Waals surface area contributed by atoms with Crippen molar-refractivity contribution in [3.05, 3.63) is 50.6 Å². The molecule has 0 aliphatic carbocycles. The molecule has 0 unspecified atom stereocenters. The number of nitrogens with one attached hydrogen (secondary N) is 1. The van der Waals surface area contributed by atoms with Crippen LogP contribution in [-0.4, -0.2) is 20.9 Å². The Hall–Kier alpha value is -2.54. The summed E-state index contributed by atoms with van der Waals surface area (Å²) in [6.07, 6.45) is 0. The van der Waals surface area contributed by atoms with Gasteiger partial charge < -0.3 is 5.32 Å². The van der Waals surface area contributed by atoms with Crippen LogP contribution in [0.15, 0.2) is 29.1 Å². The molecular formula is C19H22N4O2S. The Morgan fingerprint density at radius 2 is 1.85 bits per heavy atom. The summed E-state index contributed by atoms with van der Waals surface area (Å²) in [6.45, 7) is 10.1. The lowest BCUT2D eigenvalue weighted by atomic mass is 9.87. The van der Waals surface area contributed by atoms with E-state index < -0.39 is 0 Å². The van der Waals surface area contributed by atoms with Crippen molar-refractivity contribution in [2.24, 2.45) is 0 Å². The minimum absolute atomic E-state index is 0.0530. The lowest BCUT2D eigenvalue weighted by molar-refractivity contribution is -0.117. The van der Waals surface area contributed by atoms with Gasteiger partial charge in [0.1, 0.15) is 6.54 Å². The molecule has 0 radical (unpaired) electrons. The van der Waals surface area contributed by atoms with Gasteiger partial charge in [-0.3, -0.25) is 9.59 Å². The second-order valence-corrected chi connectivity index (χ2v) is 8.59. The maximum Gasteiger partial charge on any atom is 0.279 e. The number of hydrogen-bond donors (Lipinski definition) is 1. The molecule has 2 aromatic heterocycles. The molecule has 3 aromatic rings. The topological polar surface area (TPSA) is 76.9 Å². The van der Waals surface area contributed by atoms with Crippen LogP contribution in [0.3, 0.4) is 0 Å². The fraction of sp³-hybridized carbons (Fsp3) is 0.368. The maximum absolute atomic E-state index is 12.6. The third-order valence-corrected chi connectivity index (χ3v) is 5.48. The van der Waals surface area contributed by atoms with E-state index in [1.165, 1.54) is 16.9 Å². The predicted molar refractivity (Wildman–Crippen MR) is 105 cm³/mol. The van der Waals surface area contributed by atoms with E-state index in [9.17, 15) is 9.59 Å². The van der Waals surface area contributed by atoms with Gasteiger partial charge in [-0.05, 0) is 42.5 Å². The van der Waals surface area contributed by atoms with Crippen LogP contribution in [0.1, 0.15) is 36.8 Å². The number of thiophene rings is 1. The van der Waals surface area contributed by atoms with Crippen LogP contribution in [-0.2, 0) is 16.8 Å². The number of hydrogen-bond acceptors (Lipinski definition) is 5. The lowest BCUT2D eigenvalue weighted by Crippen LogP contribution is -2.30. The number of amides is 1. The van der Waals surface area contributed by atoms with E-state index in [1.54, 1.807) is 0 Å². The minimum Gasteiger partial charge on any atom is -0.324 e. The van der Waals surface area contributed by atoms with Crippen LogP contribution in [0.25, 0.3) is 10.2 Å². The SMILES string of the molecule is Cc1sc2nnn(CC(=O)Nc3ccc(C(C)(C)C)cc3)c(=O)c2c1C. The second kappa shape index (κ2) is 6.64. The van der Waals surface area contributed by atoms with Crippen molar-refractivity contribution >= 4 is 33.1 Å². The van der Waals surface area contributed by atoms with Gasteiger partial charge in [0.05, 0.1) is 5.39 Å². The van der Waals surface area contributed by atoms with E-state index in [2.05, 4.69) is 36.4 Å². The van der Waals surface area contributed by atoms with Gasteiger partial charge in [0.25, 0.3) is 5.56 Å². The zero-order valence-electron chi connectivity index (χ0n) is 15.6. The Morgan fingerprint density at radius 1 is 1.19 bits per heavy atom. The first-order valence-corrected chi connectivity index (χ1v) is 9.22. The Balaban J connectivity index is 1.78. The fourth-order valence-corrected chi connectivity index (χ4v) is 3.65. The number of carbonyl (C=O) groups is 1. The molecule has 0 saturated carbocycles. The first-order chi connectivity index (χ1) is 12.2. The van der Waals surface area contributed by atoms with E-state index in [0.29, 0.717) is 15.9 Å². The number of aromatic nitrogens is 3. The molecule has 2 heterocycles. The average molecular weight is 370 g/mol. The Kier molecular flexibility index (Phi) is 4.66. The van der Waals surface area contributed by atoms with E-state index >= 15 is 0 Å². The molecule has 6 nitrogen and oxygen atoms in total. The quantitative estimate of drug-likeness (QED) is 0.766. The summed E-state index contributed by atoms with van der Waals surface area (Å²) in [5, 5.41) is 11.3. The van der Waals surface area contributed by atoms with Crippen LogP contribution in [0.2, 0.25) is 0 Å². The molecule has 0 atom stereocenters. The number of anilines is 1. The first-order valence-electron chi connectivity index (χ1n) is 8.40. The van der Waals surface area contributed by atoms with Gasteiger partial charge >= 0.3 is 0 Å². The summed E-state index contributed by atoms with van der Waals surface area (Å²) in [5.41, 5.74) is 2.54. The van der Waals surface area contributed by atoms with Gasteiger partial charge in [-0.2, -0.15) is 0 Å². The van der Waals surface area contributed by atoms with Crippen LogP contribution in [0.4, 0.5) is 5.69 Å². The number of benzene rings is 1. The lowest BCUT2D eigenvalue weighted by Gasteiger charge is -2.19. The average Bonchev–Trinajstić information content (AvgIpc) is 2.85. The van der Waals surface area contributed by atoms with Gasteiger partial charge in [-0.15, -0.1) is 16.4 Å². The molecule has 26 heavy (non-hydrogen) atoms. The fourth-order valence-electron chi connectivity index (χ4n) is 2.69. The third kappa shape index (κ3) is 3.53. The molecular weight excluding hydrogens is 348 g/mol. The van der Waals surface area contributed by atoms with Crippen molar-refractivity contribution in [2.75, 3.05) is 5.32 Å². The van der Waals surface area contributed by atoms with Crippen molar-refractivity contribution in [2.45, 2.75) is 46.6 Å². The smallest absolute Gasteiger partial charge is 0.279 e. The summed E-state index contributed by atoms with van der Waals surface area (Å²) < 4.78 is 1.11. The van der Waals surface area contributed by atoms with Gasteiger partial charge in [0.15, 0.2) is 4.83 Å². The molecule has 0 saturated heterocycles. The summed E-state index contributed by atoms with van der Waals surface area (Å²) in [6, 6.07) is 7.71. The van der Waals surface area contributed by atoms with Crippen molar-refractivity contribution < 1.29 is 4.79 Å². The molecule has 3 rings (SSSR count). The normalized spacial score (nSPS) is 11.7. The summed E-state index contributed by atoms with van der Waals surface area (Å²) in [7, 11) is 0. The molecule has 1 N–H and O–H groups in total. The molecule has 1 aromatic carbocycles. The van der Waals surface area contributed by atoms with Crippen LogP contribution in [0, 0.1) is 13.8 Å². The Labute approximate surface area is 155 Å². The van der Waals surface area contributed by atoms with Crippen LogP contribution in [0.5, 0.6) is 0 Å². The molecule has 0 aliphatic rings. The van der Waals surface area contributed by atoms with Crippen molar-refractivity contribution in [3.63, 3.8) is 0 Å². The van der Waals surface area contributed by atoms with Crippen molar-refractivity contribution in [1.82, 2.24) is 15.0 Å². The molecule has 0 aliphatic heterocycles. The van der Waals surface area contributed by atoms with E-state index in [1.807, 2.05) is 38.1 Å². The van der Waals surface area contributed by atoms with Gasteiger partial charge in [-0.1, -0.05) is 38.1 Å². The van der Waals surface area contributed by atoms with Gasteiger partial charge in [0.2, 0.25) is 5.91 Å². The second-order valence-electron chi connectivity index (χ2n) is 7.39. The molecule has 136 valence electrons. The summed E-state index contributed by atoms with van der Waals surface area (Å²) in [5.74, 6) is -0.311. The number of rotatable bonds is 3. The van der Waals surface area contributed by atoms with E-state index in [0.717, 1.165) is 15.1 Å². The van der Waals surface area contributed by atoms with Crippen molar-refractivity contribution in [1.29, 1.82) is 0 Å². The standard InChI is InChI=1S/C19H22N4O2S/c1-11-12(2)26-17-16(11)18(25)23(22-21-17)10-15(24)20-14-8-6-13(7-9-14)19(3,4)5/h6-9H,10H2,1-5H3,(H,20,24). The van der Waals surface area contributed by atoms with Gasteiger partial charge in [-0.25, -0.2) is 4.68 Å². The van der Waals surface area contributed by atoms with E-state index in [-0.39, 0.29) is 23.4 Å². The summed E-state index contributed by atoms with van der Waals surface area (Å²) in [4.78, 5) is 26.5. The monoisotopic (exact) mass is 370 g/mol. The Morgan fingerprint density at radius 3 is 2.46 bits per heavy atom. The largest absolute Gasteiger partial charge is 0.324 e. The predicted octanol–water partition coefficient (Wildman–Crippen LogP) is 3.41. The molecule has 0 fully saturated rings. The number of aryl methyl sites for hydroxylation is 2. The Bertz CT molecular complexity index is 1030. The zero-order chi connectivity index (χ0) is 19.1. The van der Waals surface area contributed by atoms with Crippen LogP contribution >= 0.6 is 11.3 Å². The molecule has 0 bridgehead atoms. The molecule has 1 amide bonds. The highest BCUT2D eigenvalue weighted by atomic mass is 32.1. The molecule has 7 heteroatoms. The highest BCUT2D eigenvalue weighted by molar-refractivity contribution is 7.18. The highest BCUT2D eigenvalue weighted by Gasteiger charge is 2.16. The first kappa shape index (κ1) is 18.3. The number of nitrogens with zero attached hydrogens (tertiary/aromatic N) is 3. The van der Waals surface area contributed by atoms with Crippen molar-refractivity contribution in [3.8, 4) is 0 Å². The summed E-state index contributed by atoms with van der Waals surface area (Å²) >= 11 is 1.44.